The van der Waals surface area contributed by atoms with Crippen LogP contribution in [0, 0.1) is 11.2 Å². The fourth-order valence-electron chi connectivity index (χ4n) is 3.42. The summed E-state index contributed by atoms with van der Waals surface area (Å²) in [6.07, 6.45) is 0.467. The molecule has 2 aromatic rings. The van der Waals surface area contributed by atoms with Crippen LogP contribution < -0.4 is 19.7 Å². The highest BCUT2D eigenvalue weighted by atomic mass is 19.1. The number of benzene rings is 2. The maximum absolute atomic E-state index is 13.4. The molecule has 1 fully saturated rings. The number of allylic oxidation sites excluding steroid dienone is 1. The van der Waals surface area contributed by atoms with Gasteiger partial charge in [0.1, 0.15) is 23.2 Å². The topological polar surface area (TPSA) is 74.7 Å². The molecule has 2 heterocycles. The molecule has 2 aliphatic rings. The van der Waals surface area contributed by atoms with Gasteiger partial charge in [-0.2, -0.15) is 0 Å². The van der Waals surface area contributed by atoms with Crippen LogP contribution in [0.15, 0.2) is 47.7 Å². The Morgan fingerprint density at radius 2 is 1.81 bits per heavy atom. The van der Waals surface area contributed by atoms with Crippen molar-refractivity contribution in [2.45, 2.75) is 6.42 Å². The van der Waals surface area contributed by atoms with Crippen LogP contribution in [0.25, 0.3) is 0 Å². The van der Waals surface area contributed by atoms with Gasteiger partial charge in [0.05, 0.1) is 32.0 Å². The Bertz CT molecular complexity index is 978. The van der Waals surface area contributed by atoms with Crippen molar-refractivity contribution in [1.29, 1.82) is 5.41 Å². The summed E-state index contributed by atoms with van der Waals surface area (Å²) in [6, 6.07) is 9.72. The average Bonchev–Trinajstić information content (AvgIpc) is 3.20. The summed E-state index contributed by atoms with van der Waals surface area (Å²) in [6.45, 7) is 0.0559. The Morgan fingerprint density at radius 1 is 1.11 bits per heavy atom. The number of halogens is 1. The first-order valence-electron chi connectivity index (χ1n) is 8.41. The van der Waals surface area contributed by atoms with Crippen molar-refractivity contribution in [2.75, 3.05) is 31.0 Å². The maximum atomic E-state index is 13.4. The summed E-state index contributed by atoms with van der Waals surface area (Å²) in [5.74, 6) is 0.759. The van der Waals surface area contributed by atoms with Gasteiger partial charge in [0.15, 0.2) is 5.78 Å². The summed E-state index contributed by atoms with van der Waals surface area (Å²) in [7, 11) is 3.09. The van der Waals surface area contributed by atoms with Crippen LogP contribution in [0.1, 0.15) is 5.56 Å². The van der Waals surface area contributed by atoms with E-state index in [9.17, 15) is 9.18 Å². The molecule has 0 saturated carbocycles. The van der Waals surface area contributed by atoms with Crippen LogP contribution in [0.3, 0.4) is 0 Å². The Hall–Kier alpha value is -3.35. The Balaban J connectivity index is 1.70. The molecule has 6 nitrogen and oxygen atoms in total. The summed E-state index contributed by atoms with van der Waals surface area (Å²) >= 11 is 0. The highest BCUT2D eigenvalue weighted by Gasteiger charge is 2.36. The second kappa shape index (κ2) is 6.42. The number of hydrogen-bond acceptors (Lipinski definition) is 5. The fraction of sp³-hybridized carbons (Fsp3) is 0.200. The van der Waals surface area contributed by atoms with E-state index in [1.165, 1.54) is 12.1 Å². The fourth-order valence-corrected chi connectivity index (χ4v) is 3.42. The van der Waals surface area contributed by atoms with Crippen molar-refractivity contribution >= 4 is 23.0 Å². The van der Waals surface area contributed by atoms with E-state index in [1.807, 2.05) is 0 Å². The number of amidine groups is 1. The van der Waals surface area contributed by atoms with Crippen LogP contribution in [0.4, 0.5) is 15.8 Å². The van der Waals surface area contributed by atoms with E-state index in [0.29, 0.717) is 40.6 Å². The largest absolute Gasteiger partial charge is 0.497 e. The van der Waals surface area contributed by atoms with Crippen LogP contribution in [0.5, 0.6) is 11.5 Å². The Kier molecular flexibility index (Phi) is 4.07. The number of ether oxygens (including phenoxy) is 2. The number of nitrogens with zero attached hydrogens (tertiary/aromatic N) is 1. The molecule has 2 aromatic carbocycles. The molecule has 0 atom stereocenters. The molecule has 7 heteroatoms. The first-order valence-corrected chi connectivity index (χ1v) is 8.41. The smallest absolute Gasteiger partial charge is 0.188 e. The first kappa shape index (κ1) is 17.1. The number of nitrogens with one attached hydrogen (secondary N) is 2. The lowest BCUT2D eigenvalue weighted by Gasteiger charge is -2.19. The molecule has 138 valence electrons. The standard InChI is InChI=1S/C20H18FN3O3/c1-26-14-7-13(8-15(9-14)27-2)24-10-18(25)19(20(24)22)17-5-11-3-4-12(21)6-16(11)23-17/h3-4,6-9,22-23H,5,10H2,1-2H3. The second-order valence-corrected chi connectivity index (χ2v) is 6.39. The lowest BCUT2D eigenvalue weighted by molar-refractivity contribution is -0.113. The predicted molar refractivity (Wildman–Crippen MR) is 100 cm³/mol. The maximum Gasteiger partial charge on any atom is 0.188 e. The van der Waals surface area contributed by atoms with Gasteiger partial charge in [0.2, 0.25) is 0 Å². The van der Waals surface area contributed by atoms with E-state index in [4.69, 9.17) is 14.9 Å². The summed E-state index contributed by atoms with van der Waals surface area (Å²) in [4.78, 5) is 14.3. The van der Waals surface area contributed by atoms with Crippen molar-refractivity contribution in [2.24, 2.45) is 0 Å². The third kappa shape index (κ3) is 2.91. The van der Waals surface area contributed by atoms with E-state index < -0.39 is 0 Å². The van der Waals surface area contributed by atoms with Gasteiger partial charge in [0, 0.05) is 36.0 Å². The van der Waals surface area contributed by atoms with Crippen LogP contribution in [-0.4, -0.2) is 32.4 Å². The highest BCUT2D eigenvalue weighted by molar-refractivity contribution is 6.33. The second-order valence-electron chi connectivity index (χ2n) is 6.39. The third-order valence-electron chi connectivity index (χ3n) is 4.76. The van der Waals surface area contributed by atoms with E-state index in [-0.39, 0.29) is 24.0 Å². The Morgan fingerprint density at radius 3 is 2.48 bits per heavy atom. The Labute approximate surface area is 155 Å². The number of hydrogen-bond donors (Lipinski definition) is 2. The number of Topliss-reactive ketones (excluding diaryl/α,β-unsaturated/α-hetero) is 1. The van der Waals surface area contributed by atoms with Crippen molar-refractivity contribution in [3.05, 3.63) is 59.0 Å². The quantitative estimate of drug-likeness (QED) is 0.816. The van der Waals surface area contributed by atoms with Crippen molar-refractivity contribution in [3.63, 3.8) is 0 Å². The van der Waals surface area contributed by atoms with Crippen LogP contribution in [-0.2, 0) is 11.2 Å². The van der Waals surface area contributed by atoms with Crippen molar-refractivity contribution in [3.8, 4) is 11.5 Å². The van der Waals surface area contributed by atoms with Gasteiger partial charge >= 0.3 is 0 Å². The normalized spacial score (nSPS) is 18.6. The van der Waals surface area contributed by atoms with Crippen LogP contribution >= 0.6 is 0 Å². The van der Waals surface area contributed by atoms with Gasteiger partial charge in [-0.3, -0.25) is 10.2 Å². The molecule has 1 saturated heterocycles. The zero-order valence-electron chi connectivity index (χ0n) is 14.9. The highest BCUT2D eigenvalue weighted by Crippen LogP contribution is 2.35. The minimum Gasteiger partial charge on any atom is -0.497 e. The number of anilines is 2. The zero-order valence-corrected chi connectivity index (χ0v) is 14.9. The van der Waals surface area contributed by atoms with Gasteiger partial charge in [0.25, 0.3) is 0 Å². The lowest BCUT2D eigenvalue weighted by atomic mass is 10.1. The SMILES string of the molecule is COc1cc(OC)cc(N2CC(=O)C(=C3Cc4ccc(F)cc4N3)C2=N)c1. The molecular weight excluding hydrogens is 349 g/mol. The van der Waals surface area contributed by atoms with E-state index in [2.05, 4.69) is 5.32 Å². The molecule has 2 N–H and O–H groups in total. The molecule has 0 aliphatic carbocycles. The van der Waals surface area contributed by atoms with Crippen LogP contribution in [0.2, 0.25) is 0 Å². The molecule has 4 rings (SSSR count). The van der Waals surface area contributed by atoms with Gasteiger partial charge in [-0.15, -0.1) is 0 Å². The predicted octanol–water partition coefficient (Wildman–Crippen LogP) is 3.13. The average molecular weight is 367 g/mol. The van der Waals surface area contributed by atoms with E-state index in [1.54, 1.807) is 43.4 Å². The number of methoxy groups -OCH3 is 2. The molecule has 2 aliphatic heterocycles. The molecule has 0 bridgehead atoms. The molecule has 0 spiro atoms. The lowest BCUT2D eigenvalue weighted by Crippen LogP contribution is -2.24. The van der Waals surface area contributed by atoms with Gasteiger partial charge in [-0.1, -0.05) is 6.07 Å². The molecule has 0 unspecified atom stereocenters. The van der Waals surface area contributed by atoms with Gasteiger partial charge < -0.3 is 19.7 Å². The van der Waals surface area contributed by atoms with Crippen molar-refractivity contribution in [1.82, 2.24) is 0 Å². The summed E-state index contributed by atoms with van der Waals surface area (Å²) in [5.41, 5.74) is 3.14. The number of carbonyl (C=O) groups excluding carboxylic acids is 1. The zero-order chi connectivity index (χ0) is 19.1. The molecule has 0 amide bonds. The van der Waals surface area contributed by atoms with Gasteiger partial charge in [-0.05, 0) is 17.7 Å². The molecule has 27 heavy (non-hydrogen) atoms. The number of fused-ring (bicyclic) bond motifs is 1. The number of ketones is 1. The molecule has 0 aromatic heterocycles. The number of rotatable bonds is 3. The first-order chi connectivity index (χ1) is 13.0. The molecule has 0 radical (unpaired) electrons. The summed E-state index contributed by atoms with van der Waals surface area (Å²) in [5, 5.41) is 11.6. The van der Waals surface area contributed by atoms with Crippen molar-refractivity contribution < 1.29 is 18.7 Å². The minimum absolute atomic E-state index is 0.0559. The monoisotopic (exact) mass is 367 g/mol. The third-order valence-corrected chi connectivity index (χ3v) is 4.76. The van der Waals surface area contributed by atoms with E-state index in [0.717, 1.165) is 5.56 Å². The summed E-state index contributed by atoms with van der Waals surface area (Å²) < 4.78 is 24.0. The molecular formula is C20H18FN3O3. The van der Waals surface area contributed by atoms with E-state index >= 15 is 0 Å². The number of carbonyl (C=O) groups is 1. The minimum atomic E-state index is -0.342. The van der Waals surface area contributed by atoms with Gasteiger partial charge in [-0.25, -0.2) is 4.39 Å².